The van der Waals surface area contributed by atoms with Crippen LogP contribution in [-0.2, 0) is 0 Å². The van der Waals surface area contributed by atoms with E-state index < -0.39 is 0 Å². The van der Waals surface area contributed by atoms with Crippen molar-refractivity contribution in [2.75, 3.05) is 38.8 Å². The fourth-order valence-corrected chi connectivity index (χ4v) is 2.95. The number of benzene rings is 1. The monoisotopic (exact) mass is 278 g/mol. The smallest absolute Gasteiger partial charge is 0.162 e. The van der Waals surface area contributed by atoms with Crippen LogP contribution in [0.15, 0.2) is 18.2 Å². The van der Waals surface area contributed by atoms with E-state index in [9.17, 15) is 0 Å². The first kappa shape index (κ1) is 15.0. The summed E-state index contributed by atoms with van der Waals surface area (Å²) in [4.78, 5) is 2.43. The molecule has 2 rings (SSSR count). The molecular weight excluding hydrogens is 252 g/mol. The first-order valence-electron chi connectivity index (χ1n) is 7.35. The third-order valence-corrected chi connectivity index (χ3v) is 4.16. The minimum atomic E-state index is 0.616. The molecule has 0 aliphatic carbocycles. The lowest BCUT2D eigenvalue weighted by Crippen LogP contribution is -2.21. The quantitative estimate of drug-likeness (QED) is 0.868. The second-order valence-electron chi connectivity index (χ2n) is 5.72. The van der Waals surface area contributed by atoms with Gasteiger partial charge in [-0.15, -0.1) is 0 Å². The molecule has 112 valence electrons. The predicted molar refractivity (Wildman–Crippen MR) is 82.7 cm³/mol. The van der Waals surface area contributed by atoms with E-state index in [1.165, 1.54) is 18.5 Å². The molecule has 0 amide bonds. The van der Waals surface area contributed by atoms with Crippen LogP contribution in [0.3, 0.4) is 0 Å². The average Bonchev–Trinajstić information content (AvgIpc) is 2.94. The molecule has 20 heavy (non-hydrogen) atoms. The van der Waals surface area contributed by atoms with Crippen molar-refractivity contribution in [3.8, 4) is 11.5 Å². The third kappa shape index (κ3) is 3.37. The van der Waals surface area contributed by atoms with Crippen LogP contribution >= 0.6 is 0 Å². The van der Waals surface area contributed by atoms with Crippen molar-refractivity contribution in [2.45, 2.75) is 19.8 Å². The van der Waals surface area contributed by atoms with E-state index in [0.29, 0.717) is 5.92 Å². The highest BCUT2D eigenvalue weighted by atomic mass is 16.5. The van der Waals surface area contributed by atoms with Crippen molar-refractivity contribution < 1.29 is 9.47 Å². The maximum Gasteiger partial charge on any atom is 0.162 e. The molecule has 1 aliphatic rings. The molecule has 0 saturated carbocycles. The van der Waals surface area contributed by atoms with Gasteiger partial charge in [0.25, 0.3) is 0 Å². The fraction of sp³-hybridized carbons (Fsp3) is 0.625. The third-order valence-electron chi connectivity index (χ3n) is 4.16. The Morgan fingerprint density at radius 1 is 1.30 bits per heavy atom. The summed E-state index contributed by atoms with van der Waals surface area (Å²) >= 11 is 0. The normalized spacial score (nSPS) is 20.0. The van der Waals surface area contributed by atoms with E-state index in [0.717, 1.165) is 37.1 Å². The molecule has 0 spiro atoms. The molecule has 0 aromatic heterocycles. The summed E-state index contributed by atoms with van der Waals surface area (Å²) in [6.45, 7) is 5.24. The molecule has 4 heteroatoms. The lowest BCUT2D eigenvalue weighted by Gasteiger charge is -2.21. The van der Waals surface area contributed by atoms with Crippen LogP contribution in [-0.4, -0.2) is 33.9 Å². The average molecular weight is 278 g/mol. The molecule has 1 aromatic rings. The summed E-state index contributed by atoms with van der Waals surface area (Å²) in [6.07, 6.45) is 2.47. The molecule has 1 aromatic carbocycles. The Kier molecular flexibility index (Phi) is 5.12. The van der Waals surface area contributed by atoms with Gasteiger partial charge in [-0.05, 0) is 43.4 Å². The van der Waals surface area contributed by atoms with Crippen molar-refractivity contribution in [3.63, 3.8) is 0 Å². The van der Waals surface area contributed by atoms with Gasteiger partial charge in [-0.3, -0.25) is 0 Å². The number of nitrogens with two attached hydrogens (primary N) is 1. The molecule has 0 radical (unpaired) electrons. The minimum absolute atomic E-state index is 0.616. The molecule has 4 nitrogen and oxygen atoms in total. The van der Waals surface area contributed by atoms with Gasteiger partial charge in [0.15, 0.2) is 11.5 Å². The highest BCUT2D eigenvalue weighted by molar-refractivity contribution is 5.56. The zero-order chi connectivity index (χ0) is 14.5. The van der Waals surface area contributed by atoms with E-state index in [4.69, 9.17) is 15.2 Å². The highest BCUT2D eigenvalue weighted by Gasteiger charge is 2.24. The van der Waals surface area contributed by atoms with Crippen LogP contribution in [0.2, 0.25) is 0 Å². The largest absolute Gasteiger partial charge is 0.493 e. The summed E-state index contributed by atoms with van der Waals surface area (Å²) in [5, 5.41) is 0. The number of hydrogen-bond donors (Lipinski definition) is 1. The number of nitrogens with zero attached hydrogens (tertiary/aromatic N) is 1. The van der Waals surface area contributed by atoms with Crippen molar-refractivity contribution in [1.82, 2.24) is 0 Å². The van der Waals surface area contributed by atoms with Crippen LogP contribution < -0.4 is 20.1 Å². The van der Waals surface area contributed by atoms with Gasteiger partial charge in [-0.1, -0.05) is 6.92 Å². The molecule has 2 atom stereocenters. The minimum Gasteiger partial charge on any atom is -0.493 e. The van der Waals surface area contributed by atoms with Crippen LogP contribution in [0, 0.1) is 11.8 Å². The molecule has 1 saturated heterocycles. The van der Waals surface area contributed by atoms with E-state index in [-0.39, 0.29) is 0 Å². The summed E-state index contributed by atoms with van der Waals surface area (Å²) in [5.41, 5.74) is 6.94. The Balaban J connectivity index is 2.02. The van der Waals surface area contributed by atoms with Gasteiger partial charge in [0.1, 0.15) is 0 Å². The maximum absolute atomic E-state index is 5.72. The molecule has 0 bridgehead atoms. The highest BCUT2D eigenvalue weighted by Crippen LogP contribution is 2.34. The lowest BCUT2D eigenvalue weighted by molar-refractivity contribution is 0.355. The maximum atomic E-state index is 5.72. The van der Waals surface area contributed by atoms with Crippen molar-refractivity contribution in [1.29, 1.82) is 0 Å². The van der Waals surface area contributed by atoms with E-state index >= 15 is 0 Å². The lowest BCUT2D eigenvalue weighted by atomic mass is 9.95. The zero-order valence-corrected chi connectivity index (χ0v) is 12.8. The number of hydrogen-bond acceptors (Lipinski definition) is 4. The Bertz CT molecular complexity index is 436. The first-order chi connectivity index (χ1) is 9.67. The summed E-state index contributed by atoms with van der Waals surface area (Å²) in [7, 11) is 3.34. The molecular formula is C16H26N2O2. The first-order valence-corrected chi connectivity index (χ1v) is 7.35. The zero-order valence-electron chi connectivity index (χ0n) is 12.8. The van der Waals surface area contributed by atoms with Gasteiger partial charge in [-0.25, -0.2) is 0 Å². The molecule has 2 unspecified atom stereocenters. The van der Waals surface area contributed by atoms with Crippen LogP contribution in [0.4, 0.5) is 5.69 Å². The van der Waals surface area contributed by atoms with E-state index in [1.807, 2.05) is 6.07 Å². The SMILES string of the molecule is COc1ccc(N2CCC(CC(C)CN)C2)cc1OC. The Morgan fingerprint density at radius 3 is 2.70 bits per heavy atom. The van der Waals surface area contributed by atoms with Crippen molar-refractivity contribution in [3.05, 3.63) is 18.2 Å². The van der Waals surface area contributed by atoms with Crippen molar-refractivity contribution >= 4 is 5.69 Å². The number of anilines is 1. The topological polar surface area (TPSA) is 47.7 Å². The fourth-order valence-electron chi connectivity index (χ4n) is 2.95. The molecule has 2 N–H and O–H groups in total. The van der Waals surface area contributed by atoms with Crippen LogP contribution in [0.25, 0.3) is 0 Å². The summed E-state index contributed by atoms with van der Waals surface area (Å²) in [5.74, 6) is 2.94. The van der Waals surface area contributed by atoms with Crippen molar-refractivity contribution in [2.24, 2.45) is 17.6 Å². The van der Waals surface area contributed by atoms with Gasteiger partial charge in [0, 0.05) is 24.8 Å². The predicted octanol–water partition coefficient (Wildman–Crippen LogP) is 2.52. The molecule has 1 aliphatic heterocycles. The van der Waals surface area contributed by atoms with Gasteiger partial charge < -0.3 is 20.1 Å². The van der Waals surface area contributed by atoms with E-state index in [1.54, 1.807) is 14.2 Å². The van der Waals surface area contributed by atoms with Gasteiger partial charge in [0.05, 0.1) is 14.2 Å². The summed E-state index contributed by atoms with van der Waals surface area (Å²) < 4.78 is 10.7. The number of ether oxygens (including phenoxy) is 2. The Morgan fingerprint density at radius 2 is 2.05 bits per heavy atom. The van der Waals surface area contributed by atoms with Crippen LogP contribution in [0.5, 0.6) is 11.5 Å². The Labute approximate surface area is 121 Å². The number of rotatable bonds is 6. The summed E-state index contributed by atoms with van der Waals surface area (Å²) in [6, 6.07) is 6.15. The van der Waals surface area contributed by atoms with E-state index in [2.05, 4.69) is 24.0 Å². The second kappa shape index (κ2) is 6.84. The second-order valence-corrected chi connectivity index (χ2v) is 5.72. The standard InChI is InChI=1S/C16H26N2O2/c1-12(10-17)8-13-6-7-18(11-13)14-4-5-15(19-2)16(9-14)20-3/h4-5,9,12-13H,6-8,10-11,17H2,1-3H3. The number of methoxy groups -OCH3 is 2. The molecule has 1 heterocycles. The van der Waals surface area contributed by atoms with Gasteiger partial charge >= 0.3 is 0 Å². The Hall–Kier alpha value is -1.42. The van der Waals surface area contributed by atoms with Crippen LogP contribution in [0.1, 0.15) is 19.8 Å². The van der Waals surface area contributed by atoms with Gasteiger partial charge in [-0.2, -0.15) is 0 Å². The van der Waals surface area contributed by atoms with Gasteiger partial charge in [0.2, 0.25) is 0 Å². The molecule has 1 fully saturated rings.